The average molecular weight is 231 g/mol. The number of hydrogen-bond acceptors (Lipinski definition) is 4. The van der Waals surface area contributed by atoms with Gasteiger partial charge in [-0.15, -0.1) is 0 Å². The second-order valence-electron chi connectivity index (χ2n) is 3.23. The Balaban J connectivity index is 2.05. The summed E-state index contributed by atoms with van der Waals surface area (Å²) in [7, 11) is -3.43. The minimum atomic E-state index is -3.43. The van der Waals surface area contributed by atoms with E-state index in [0.29, 0.717) is 32.0 Å². The minimum absolute atomic E-state index is 0.383. The highest BCUT2D eigenvalue weighted by Crippen LogP contribution is 2.07. The minimum Gasteiger partial charge on any atom is -0.314 e. The lowest BCUT2D eigenvalue weighted by Gasteiger charge is -2.26. The van der Waals surface area contributed by atoms with Crippen LogP contribution in [0.5, 0.6) is 0 Å². The molecule has 1 aromatic rings. The molecule has 0 unspecified atom stereocenters. The summed E-state index contributed by atoms with van der Waals surface area (Å²) in [4.78, 5) is 0. The lowest BCUT2D eigenvalue weighted by molar-refractivity contribution is 0.362. The van der Waals surface area contributed by atoms with Crippen molar-refractivity contribution in [3.63, 3.8) is 0 Å². The van der Waals surface area contributed by atoms with Crippen LogP contribution in [0.3, 0.4) is 0 Å². The third-order valence-corrected chi connectivity index (χ3v) is 3.68. The van der Waals surface area contributed by atoms with E-state index in [-0.39, 0.29) is 0 Å². The van der Waals surface area contributed by atoms with Crippen LogP contribution >= 0.6 is 0 Å². The molecular formula is C7H13N5O2S. The van der Waals surface area contributed by atoms with Gasteiger partial charge in [0.05, 0.1) is 6.20 Å². The molecule has 0 amide bonds. The summed E-state index contributed by atoms with van der Waals surface area (Å²) in [5, 5.41) is 9.31. The summed E-state index contributed by atoms with van der Waals surface area (Å²) in [6.07, 6.45) is 1.50. The number of aromatic nitrogens is 2. The molecule has 0 saturated carbocycles. The smallest absolute Gasteiger partial charge is 0.302 e. The summed E-state index contributed by atoms with van der Waals surface area (Å²) >= 11 is 0. The Hall–Kier alpha value is -1.12. The first-order valence-corrected chi connectivity index (χ1v) is 6.10. The van der Waals surface area contributed by atoms with Crippen molar-refractivity contribution in [2.45, 2.75) is 0 Å². The first-order chi connectivity index (χ1) is 7.18. The molecule has 0 radical (unpaired) electrons. The number of nitrogens with zero attached hydrogens (tertiary/aromatic N) is 2. The van der Waals surface area contributed by atoms with Gasteiger partial charge in [0.1, 0.15) is 5.82 Å². The maximum absolute atomic E-state index is 11.8. The predicted molar refractivity (Wildman–Crippen MR) is 55.6 cm³/mol. The van der Waals surface area contributed by atoms with Crippen LogP contribution < -0.4 is 10.0 Å². The zero-order valence-corrected chi connectivity index (χ0v) is 8.92. The van der Waals surface area contributed by atoms with E-state index in [1.54, 1.807) is 6.07 Å². The molecule has 15 heavy (non-hydrogen) atoms. The molecule has 84 valence electrons. The Morgan fingerprint density at radius 2 is 2.13 bits per heavy atom. The fourth-order valence-corrected chi connectivity index (χ4v) is 2.58. The van der Waals surface area contributed by atoms with Gasteiger partial charge in [0.2, 0.25) is 0 Å². The first kappa shape index (κ1) is 10.4. The monoisotopic (exact) mass is 231 g/mol. The highest BCUT2D eigenvalue weighted by atomic mass is 32.2. The van der Waals surface area contributed by atoms with Gasteiger partial charge < -0.3 is 5.32 Å². The van der Waals surface area contributed by atoms with E-state index in [1.165, 1.54) is 10.5 Å². The number of nitrogens with one attached hydrogen (secondary N) is 3. The molecule has 0 spiro atoms. The van der Waals surface area contributed by atoms with E-state index in [4.69, 9.17) is 0 Å². The molecule has 3 N–H and O–H groups in total. The largest absolute Gasteiger partial charge is 0.314 e. The predicted octanol–water partition coefficient (Wildman–Crippen LogP) is -1.03. The van der Waals surface area contributed by atoms with Gasteiger partial charge in [0, 0.05) is 32.2 Å². The van der Waals surface area contributed by atoms with Crippen LogP contribution in [0.4, 0.5) is 5.82 Å². The van der Waals surface area contributed by atoms with Gasteiger partial charge >= 0.3 is 10.2 Å². The van der Waals surface area contributed by atoms with Gasteiger partial charge in [-0.05, 0) is 0 Å². The molecule has 0 atom stereocenters. The topological polar surface area (TPSA) is 90.1 Å². The fraction of sp³-hybridized carbons (Fsp3) is 0.571. The summed E-state index contributed by atoms with van der Waals surface area (Å²) in [5.74, 6) is 0.383. The second-order valence-corrected chi connectivity index (χ2v) is 4.90. The number of piperazine rings is 1. The molecule has 7 nitrogen and oxygen atoms in total. The van der Waals surface area contributed by atoms with Crippen LogP contribution in [0.1, 0.15) is 0 Å². The quantitative estimate of drug-likeness (QED) is 0.620. The Morgan fingerprint density at radius 3 is 2.73 bits per heavy atom. The van der Waals surface area contributed by atoms with Gasteiger partial charge in [-0.25, -0.2) is 0 Å². The molecule has 1 fully saturated rings. The standard InChI is InChI=1S/C7H13N5O2S/c13-15(14,11-7-1-2-9-10-7)12-5-3-8-4-6-12/h1-2,8H,3-6H2,(H2,9,10,11). The second kappa shape index (κ2) is 4.17. The van der Waals surface area contributed by atoms with Gasteiger partial charge in [-0.1, -0.05) is 0 Å². The Bertz CT molecular complexity index is 395. The SMILES string of the molecule is O=S(=O)(Nc1ccn[nH]1)N1CCNCC1. The molecule has 1 aromatic heterocycles. The third-order valence-electron chi connectivity index (χ3n) is 2.16. The molecule has 8 heteroatoms. The highest BCUT2D eigenvalue weighted by Gasteiger charge is 2.23. The van der Waals surface area contributed by atoms with E-state index in [1.807, 2.05) is 0 Å². The molecule has 1 aliphatic rings. The van der Waals surface area contributed by atoms with Crippen LogP contribution in [0.15, 0.2) is 12.3 Å². The fourth-order valence-electron chi connectivity index (χ4n) is 1.40. The maximum atomic E-state index is 11.8. The van der Waals surface area contributed by atoms with Crippen LogP contribution in [-0.4, -0.2) is 49.1 Å². The summed E-state index contributed by atoms with van der Waals surface area (Å²) in [6, 6.07) is 1.57. The Labute approximate surface area is 88.0 Å². The van der Waals surface area contributed by atoms with Crippen molar-refractivity contribution in [2.24, 2.45) is 0 Å². The lowest BCUT2D eigenvalue weighted by Crippen LogP contribution is -2.48. The van der Waals surface area contributed by atoms with E-state index in [9.17, 15) is 8.42 Å². The molecule has 0 bridgehead atoms. The van der Waals surface area contributed by atoms with Crippen molar-refractivity contribution in [2.75, 3.05) is 30.9 Å². The third kappa shape index (κ3) is 2.46. The Morgan fingerprint density at radius 1 is 1.40 bits per heavy atom. The zero-order chi connectivity index (χ0) is 10.7. The van der Waals surface area contributed by atoms with E-state index in [2.05, 4.69) is 20.2 Å². The van der Waals surface area contributed by atoms with Crippen molar-refractivity contribution in [1.82, 2.24) is 19.8 Å². The summed E-state index contributed by atoms with van der Waals surface area (Å²) in [6.45, 7) is 2.35. The number of rotatable bonds is 3. The molecule has 1 aliphatic heterocycles. The van der Waals surface area contributed by atoms with Crippen molar-refractivity contribution in [3.05, 3.63) is 12.3 Å². The highest BCUT2D eigenvalue weighted by molar-refractivity contribution is 7.90. The molecule has 2 rings (SSSR count). The van der Waals surface area contributed by atoms with Crippen molar-refractivity contribution >= 4 is 16.0 Å². The van der Waals surface area contributed by atoms with Gasteiger partial charge in [-0.3, -0.25) is 9.82 Å². The maximum Gasteiger partial charge on any atom is 0.302 e. The van der Waals surface area contributed by atoms with Gasteiger partial charge in [0.15, 0.2) is 0 Å². The molecule has 2 heterocycles. The summed E-state index contributed by atoms with van der Waals surface area (Å²) in [5.41, 5.74) is 0. The summed E-state index contributed by atoms with van der Waals surface area (Å²) < 4.78 is 27.4. The van der Waals surface area contributed by atoms with Gasteiger partial charge in [0.25, 0.3) is 0 Å². The van der Waals surface area contributed by atoms with E-state index in [0.717, 1.165) is 0 Å². The van der Waals surface area contributed by atoms with Crippen LogP contribution in [0, 0.1) is 0 Å². The number of aromatic amines is 1. The number of hydrogen-bond donors (Lipinski definition) is 3. The molecular weight excluding hydrogens is 218 g/mol. The normalized spacial score (nSPS) is 18.9. The van der Waals surface area contributed by atoms with Crippen molar-refractivity contribution in [3.8, 4) is 0 Å². The van der Waals surface area contributed by atoms with E-state index < -0.39 is 10.2 Å². The number of anilines is 1. The first-order valence-electron chi connectivity index (χ1n) is 4.66. The van der Waals surface area contributed by atoms with Crippen LogP contribution in [0.25, 0.3) is 0 Å². The van der Waals surface area contributed by atoms with Crippen molar-refractivity contribution < 1.29 is 8.42 Å². The molecule has 1 saturated heterocycles. The van der Waals surface area contributed by atoms with Gasteiger partial charge in [-0.2, -0.15) is 17.8 Å². The lowest BCUT2D eigenvalue weighted by atomic mass is 10.4. The Kier molecular flexibility index (Phi) is 2.89. The molecule has 0 aromatic carbocycles. The van der Waals surface area contributed by atoms with E-state index >= 15 is 0 Å². The van der Waals surface area contributed by atoms with Crippen LogP contribution in [-0.2, 0) is 10.2 Å². The van der Waals surface area contributed by atoms with Crippen molar-refractivity contribution in [1.29, 1.82) is 0 Å². The average Bonchev–Trinajstić information content (AvgIpc) is 2.71. The zero-order valence-electron chi connectivity index (χ0n) is 8.10. The van der Waals surface area contributed by atoms with Crippen LogP contribution in [0.2, 0.25) is 0 Å². The molecule has 0 aliphatic carbocycles. The number of H-pyrrole nitrogens is 1.